The Bertz CT molecular complexity index is 825. The highest BCUT2D eigenvalue weighted by molar-refractivity contribution is 6.32. The zero-order chi connectivity index (χ0) is 18.6. The Morgan fingerprint density at radius 2 is 1.76 bits per heavy atom. The van der Waals surface area contributed by atoms with Gasteiger partial charge in [0, 0.05) is 23.9 Å². The monoisotopic (exact) mass is 365 g/mol. The van der Waals surface area contributed by atoms with Gasteiger partial charge in [-0.2, -0.15) is 0 Å². The van der Waals surface area contributed by atoms with Crippen LogP contribution in [0.3, 0.4) is 0 Å². The maximum absolute atomic E-state index is 12.1. The summed E-state index contributed by atoms with van der Waals surface area (Å²) in [7, 11) is 0. The van der Waals surface area contributed by atoms with Crippen molar-refractivity contribution in [3.63, 3.8) is 0 Å². The van der Waals surface area contributed by atoms with Gasteiger partial charge < -0.3 is 10.1 Å². The topological polar surface area (TPSA) is 125 Å². The molecule has 0 aliphatic heterocycles. The molecule has 0 radical (unpaired) electrons. The Morgan fingerprint density at radius 3 is 2.32 bits per heavy atom. The minimum Gasteiger partial charge on any atom is -0.481 e. The van der Waals surface area contributed by atoms with Crippen LogP contribution >= 0.6 is 11.6 Å². The van der Waals surface area contributed by atoms with Crippen LogP contribution < -0.4 is 10.1 Å². The van der Waals surface area contributed by atoms with E-state index in [1.807, 2.05) is 0 Å². The molecule has 1 atom stereocenters. The number of carbonyl (C=O) groups is 1. The lowest BCUT2D eigenvalue weighted by atomic mass is 10.2. The first-order valence-corrected chi connectivity index (χ1v) is 7.31. The molecule has 0 saturated carbocycles. The van der Waals surface area contributed by atoms with Gasteiger partial charge in [0.15, 0.2) is 6.10 Å². The number of nitro groups is 2. The van der Waals surface area contributed by atoms with Gasteiger partial charge in [0.1, 0.15) is 10.8 Å². The first-order valence-electron chi connectivity index (χ1n) is 6.94. The van der Waals surface area contributed by atoms with E-state index >= 15 is 0 Å². The van der Waals surface area contributed by atoms with Gasteiger partial charge >= 0.3 is 0 Å². The minimum absolute atomic E-state index is 0.0434. The molecule has 2 aromatic carbocycles. The van der Waals surface area contributed by atoms with Crippen LogP contribution in [0.2, 0.25) is 5.02 Å². The number of nitrogens with zero attached hydrogens (tertiary/aromatic N) is 2. The van der Waals surface area contributed by atoms with E-state index in [1.54, 1.807) is 0 Å². The molecule has 0 fully saturated rings. The predicted octanol–water partition coefficient (Wildman–Crippen LogP) is 3.56. The van der Waals surface area contributed by atoms with Crippen LogP contribution in [0.4, 0.5) is 17.1 Å². The van der Waals surface area contributed by atoms with Crippen LogP contribution in [0.25, 0.3) is 0 Å². The number of halogens is 1. The molecule has 2 aromatic rings. The molecule has 1 unspecified atom stereocenters. The highest BCUT2D eigenvalue weighted by atomic mass is 35.5. The molecule has 0 heterocycles. The lowest BCUT2D eigenvalue weighted by Crippen LogP contribution is -2.30. The van der Waals surface area contributed by atoms with Gasteiger partial charge in [-0.1, -0.05) is 11.6 Å². The Balaban J connectivity index is 2.04. The standard InChI is InChI=1S/C15H12ClN3O6/c1-9(25-12-5-3-11(4-6-12)18(21)22)15(20)17-10-2-7-13(16)14(8-10)19(23)24/h2-9H,1H3,(H,17,20). The van der Waals surface area contributed by atoms with E-state index in [2.05, 4.69) is 5.32 Å². The minimum atomic E-state index is -0.934. The molecule has 9 nitrogen and oxygen atoms in total. The Hall–Kier alpha value is -3.20. The van der Waals surface area contributed by atoms with Gasteiger partial charge in [-0.05, 0) is 31.2 Å². The molecule has 0 aliphatic carbocycles. The van der Waals surface area contributed by atoms with Gasteiger partial charge in [-0.15, -0.1) is 0 Å². The van der Waals surface area contributed by atoms with Crippen molar-refractivity contribution in [2.75, 3.05) is 5.32 Å². The van der Waals surface area contributed by atoms with Crippen molar-refractivity contribution in [3.05, 3.63) is 67.7 Å². The number of anilines is 1. The SMILES string of the molecule is CC(Oc1ccc([N+](=O)[O-])cc1)C(=O)Nc1ccc(Cl)c([N+](=O)[O-])c1. The summed E-state index contributed by atoms with van der Waals surface area (Å²) in [6.45, 7) is 1.47. The highest BCUT2D eigenvalue weighted by Crippen LogP contribution is 2.27. The van der Waals surface area contributed by atoms with Crippen molar-refractivity contribution in [3.8, 4) is 5.75 Å². The summed E-state index contributed by atoms with van der Waals surface area (Å²) in [5.74, 6) is -0.273. The van der Waals surface area contributed by atoms with E-state index in [-0.39, 0.29) is 27.8 Å². The average Bonchev–Trinajstić information content (AvgIpc) is 2.56. The largest absolute Gasteiger partial charge is 0.481 e. The molecule has 25 heavy (non-hydrogen) atoms. The van der Waals surface area contributed by atoms with Gasteiger partial charge in [0.05, 0.1) is 9.85 Å². The van der Waals surface area contributed by atoms with Crippen molar-refractivity contribution in [1.29, 1.82) is 0 Å². The summed E-state index contributed by atoms with van der Waals surface area (Å²) < 4.78 is 5.39. The van der Waals surface area contributed by atoms with Gasteiger partial charge in [-0.3, -0.25) is 25.0 Å². The van der Waals surface area contributed by atoms with Gasteiger partial charge in [-0.25, -0.2) is 0 Å². The van der Waals surface area contributed by atoms with E-state index in [0.717, 1.165) is 6.07 Å². The van der Waals surface area contributed by atoms with Gasteiger partial charge in [0.2, 0.25) is 0 Å². The maximum atomic E-state index is 12.1. The molecular formula is C15H12ClN3O6. The van der Waals surface area contributed by atoms with Crippen LogP contribution in [-0.2, 0) is 4.79 Å². The molecule has 0 spiro atoms. The molecule has 1 N–H and O–H groups in total. The highest BCUT2D eigenvalue weighted by Gasteiger charge is 2.18. The second kappa shape index (κ2) is 7.58. The first kappa shape index (κ1) is 18.1. The predicted molar refractivity (Wildman–Crippen MR) is 89.9 cm³/mol. The molecule has 130 valence electrons. The molecular weight excluding hydrogens is 354 g/mol. The Morgan fingerprint density at radius 1 is 1.12 bits per heavy atom. The number of benzene rings is 2. The number of rotatable bonds is 6. The zero-order valence-corrected chi connectivity index (χ0v) is 13.6. The van der Waals surface area contributed by atoms with E-state index in [9.17, 15) is 25.0 Å². The van der Waals surface area contributed by atoms with Crippen molar-refractivity contribution >= 4 is 34.6 Å². The Kier molecular flexibility index (Phi) is 5.50. The molecule has 10 heteroatoms. The van der Waals surface area contributed by atoms with E-state index in [0.29, 0.717) is 0 Å². The first-order chi connectivity index (χ1) is 11.8. The lowest BCUT2D eigenvalue weighted by molar-refractivity contribution is -0.385. The third-order valence-electron chi connectivity index (χ3n) is 3.14. The number of carbonyl (C=O) groups excluding carboxylic acids is 1. The molecule has 1 amide bonds. The van der Waals surface area contributed by atoms with E-state index < -0.39 is 21.9 Å². The van der Waals surface area contributed by atoms with Crippen LogP contribution in [0.15, 0.2) is 42.5 Å². The number of nitro benzene ring substituents is 2. The van der Waals surface area contributed by atoms with Crippen molar-refractivity contribution in [2.24, 2.45) is 0 Å². The number of hydrogen-bond acceptors (Lipinski definition) is 6. The maximum Gasteiger partial charge on any atom is 0.289 e. The zero-order valence-electron chi connectivity index (χ0n) is 12.8. The van der Waals surface area contributed by atoms with Gasteiger partial charge in [0.25, 0.3) is 17.3 Å². The van der Waals surface area contributed by atoms with Crippen LogP contribution in [0, 0.1) is 20.2 Å². The third kappa shape index (κ3) is 4.64. The number of ether oxygens (including phenoxy) is 1. The molecule has 0 aromatic heterocycles. The second-order valence-corrected chi connectivity index (χ2v) is 5.33. The average molecular weight is 366 g/mol. The smallest absolute Gasteiger partial charge is 0.289 e. The third-order valence-corrected chi connectivity index (χ3v) is 3.46. The summed E-state index contributed by atoms with van der Waals surface area (Å²) >= 11 is 5.71. The number of nitrogens with one attached hydrogen (secondary N) is 1. The summed E-state index contributed by atoms with van der Waals surface area (Å²) in [6.07, 6.45) is -0.934. The normalized spacial score (nSPS) is 11.4. The molecule has 2 rings (SSSR count). The number of amides is 1. The molecule has 0 bridgehead atoms. The summed E-state index contributed by atoms with van der Waals surface area (Å²) in [4.78, 5) is 32.3. The Labute approximate surface area is 146 Å². The molecule has 0 saturated heterocycles. The van der Waals surface area contributed by atoms with Crippen molar-refractivity contribution < 1.29 is 19.4 Å². The lowest BCUT2D eigenvalue weighted by Gasteiger charge is -2.14. The molecule has 0 aliphatic rings. The fourth-order valence-corrected chi connectivity index (χ4v) is 2.06. The second-order valence-electron chi connectivity index (χ2n) is 4.92. The summed E-state index contributed by atoms with van der Waals surface area (Å²) in [5, 5.41) is 23.9. The van der Waals surface area contributed by atoms with Crippen molar-refractivity contribution in [2.45, 2.75) is 13.0 Å². The van der Waals surface area contributed by atoms with Crippen LogP contribution in [-0.4, -0.2) is 21.9 Å². The van der Waals surface area contributed by atoms with E-state index in [1.165, 1.54) is 43.3 Å². The van der Waals surface area contributed by atoms with E-state index in [4.69, 9.17) is 16.3 Å². The fraction of sp³-hybridized carbons (Fsp3) is 0.133. The number of non-ortho nitro benzene ring substituents is 1. The van der Waals surface area contributed by atoms with Crippen molar-refractivity contribution in [1.82, 2.24) is 0 Å². The van der Waals surface area contributed by atoms with Crippen LogP contribution in [0.5, 0.6) is 5.75 Å². The summed E-state index contributed by atoms with van der Waals surface area (Å²) in [6, 6.07) is 9.11. The summed E-state index contributed by atoms with van der Waals surface area (Å²) in [5.41, 5.74) is -0.235. The number of hydrogen-bond donors (Lipinski definition) is 1. The quantitative estimate of drug-likeness (QED) is 0.616. The fourth-order valence-electron chi connectivity index (χ4n) is 1.88. The van der Waals surface area contributed by atoms with Crippen LogP contribution in [0.1, 0.15) is 6.92 Å².